The summed E-state index contributed by atoms with van der Waals surface area (Å²) < 4.78 is 1.40. The van der Waals surface area contributed by atoms with Crippen molar-refractivity contribution in [1.29, 1.82) is 0 Å². The minimum absolute atomic E-state index is 0. The molecule has 0 spiro atoms. The number of hydrazine groups is 1. The zero-order chi connectivity index (χ0) is 6.69. The molecule has 0 aliphatic rings. The highest BCUT2D eigenvalue weighted by Gasteiger charge is 1.90. The number of halogens is 2. The molecule has 0 amide bonds. The second-order valence-electron chi connectivity index (χ2n) is 1.65. The average Bonchev–Trinajstić information content (AvgIpc) is 1.90. The molecule has 0 fully saturated rings. The van der Waals surface area contributed by atoms with Crippen LogP contribution in [0.3, 0.4) is 0 Å². The van der Waals surface area contributed by atoms with Crippen LogP contribution in [-0.4, -0.2) is 0 Å². The summed E-state index contributed by atoms with van der Waals surface area (Å²) >= 11 is 3.09. The van der Waals surface area contributed by atoms with E-state index < -0.39 is 0 Å². The summed E-state index contributed by atoms with van der Waals surface area (Å²) in [6.07, 6.45) is 0. The van der Waals surface area contributed by atoms with Gasteiger partial charge in [0.2, 0.25) is 0 Å². The number of benzene rings is 1. The maximum absolute atomic E-state index is 5.36. The van der Waals surface area contributed by atoms with E-state index in [1.54, 1.807) is 0 Å². The Morgan fingerprint density at radius 3 is 2.00 bits per heavy atom. The number of nitrogens with two attached hydrogens (primary N) is 1. The SMILES string of the molecule is Cl.NN(Br)c1ccccc1. The van der Waals surface area contributed by atoms with Gasteiger partial charge in [0.05, 0.1) is 21.8 Å². The highest BCUT2D eigenvalue weighted by atomic mass is 79.9. The van der Waals surface area contributed by atoms with Crippen molar-refractivity contribution in [2.75, 3.05) is 4.03 Å². The molecular formula is C6H8BrClN2. The lowest BCUT2D eigenvalue weighted by Gasteiger charge is -2.06. The van der Waals surface area contributed by atoms with Gasteiger partial charge in [-0.25, -0.2) is 9.88 Å². The first-order valence-corrected chi connectivity index (χ1v) is 3.27. The number of rotatable bonds is 1. The predicted molar refractivity (Wildman–Crippen MR) is 49.3 cm³/mol. The van der Waals surface area contributed by atoms with Gasteiger partial charge >= 0.3 is 0 Å². The average molecular weight is 224 g/mol. The van der Waals surface area contributed by atoms with E-state index in [4.69, 9.17) is 5.84 Å². The first kappa shape index (κ1) is 9.75. The number of para-hydroxylation sites is 1. The van der Waals surface area contributed by atoms with E-state index in [1.165, 1.54) is 4.03 Å². The van der Waals surface area contributed by atoms with Gasteiger partial charge in [-0.3, -0.25) is 0 Å². The van der Waals surface area contributed by atoms with Crippen molar-refractivity contribution in [2.24, 2.45) is 5.84 Å². The van der Waals surface area contributed by atoms with Gasteiger partial charge in [0.1, 0.15) is 0 Å². The van der Waals surface area contributed by atoms with Gasteiger partial charge in [-0.15, -0.1) is 12.4 Å². The molecule has 0 saturated carbocycles. The lowest BCUT2D eigenvalue weighted by molar-refractivity contribution is 1.23. The van der Waals surface area contributed by atoms with Crippen LogP contribution in [0.5, 0.6) is 0 Å². The van der Waals surface area contributed by atoms with Gasteiger partial charge < -0.3 is 0 Å². The molecular weight excluding hydrogens is 215 g/mol. The molecule has 56 valence electrons. The molecule has 0 aromatic heterocycles. The predicted octanol–water partition coefficient (Wildman–Crippen LogP) is 2.10. The Bertz CT molecular complexity index is 178. The summed E-state index contributed by atoms with van der Waals surface area (Å²) in [6, 6.07) is 9.62. The molecule has 0 atom stereocenters. The molecule has 0 aliphatic heterocycles. The van der Waals surface area contributed by atoms with Crippen LogP contribution in [0.2, 0.25) is 0 Å². The van der Waals surface area contributed by atoms with Crippen LogP contribution in [0.15, 0.2) is 30.3 Å². The van der Waals surface area contributed by atoms with Crippen LogP contribution in [0.25, 0.3) is 0 Å². The second-order valence-corrected chi connectivity index (χ2v) is 2.41. The monoisotopic (exact) mass is 222 g/mol. The molecule has 0 saturated heterocycles. The van der Waals surface area contributed by atoms with Crippen LogP contribution in [0.4, 0.5) is 5.69 Å². The summed E-state index contributed by atoms with van der Waals surface area (Å²) in [6.45, 7) is 0. The molecule has 0 aliphatic carbocycles. The van der Waals surface area contributed by atoms with Gasteiger partial charge in [-0.1, -0.05) is 18.2 Å². The number of anilines is 1. The third-order valence-electron chi connectivity index (χ3n) is 1.00. The van der Waals surface area contributed by atoms with Crippen molar-refractivity contribution in [3.63, 3.8) is 0 Å². The minimum atomic E-state index is 0. The summed E-state index contributed by atoms with van der Waals surface area (Å²) in [5.74, 6) is 5.36. The van der Waals surface area contributed by atoms with Gasteiger partial charge in [0, 0.05) is 0 Å². The van der Waals surface area contributed by atoms with E-state index in [0.717, 1.165) is 5.69 Å². The smallest absolute Gasteiger partial charge is 0.0669 e. The van der Waals surface area contributed by atoms with Crippen molar-refractivity contribution in [3.05, 3.63) is 30.3 Å². The molecule has 0 bridgehead atoms. The van der Waals surface area contributed by atoms with Crippen LogP contribution < -0.4 is 9.88 Å². The first-order chi connectivity index (χ1) is 4.30. The Morgan fingerprint density at radius 2 is 1.70 bits per heavy atom. The fourth-order valence-corrected chi connectivity index (χ4v) is 0.807. The third-order valence-corrected chi connectivity index (χ3v) is 1.41. The standard InChI is InChI=1S/C6H7BrN2.ClH/c7-9(8)6-4-2-1-3-5-6;/h1-5H,8H2;1H. The highest BCUT2D eigenvalue weighted by molar-refractivity contribution is 9.10. The van der Waals surface area contributed by atoms with Crippen LogP contribution in [0, 0.1) is 0 Å². The zero-order valence-corrected chi connectivity index (χ0v) is 7.60. The normalized spacial score (nSPS) is 8.20. The molecule has 0 unspecified atom stereocenters. The maximum Gasteiger partial charge on any atom is 0.0669 e. The van der Waals surface area contributed by atoms with Gasteiger partial charge in [-0.05, 0) is 12.1 Å². The molecule has 0 heterocycles. The van der Waals surface area contributed by atoms with Gasteiger partial charge in [-0.2, -0.15) is 0 Å². The zero-order valence-electron chi connectivity index (χ0n) is 5.20. The fourth-order valence-electron chi connectivity index (χ4n) is 0.570. The summed E-state index contributed by atoms with van der Waals surface area (Å²) in [4.78, 5) is 0. The highest BCUT2D eigenvalue weighted by Crippen LogP contribution is 2.11. The van der Waals surface area contributed by atoms with Crippen molar-refractivity contribution in [2.45, 2.75) is 0 Å². The van der Waals surface area contributed by atoms with Gasteiger partial charge in [0.25, 0.3) is 0 Å². The van der Waals surface area contributed by atoms with E-state index in [2.05, 4.69) is 16.1 Å². The maximum atomic E-state index is 5.36. The Kier molecular flexibility index (Phi) is 4.43. The van der Waals surface area contributed by atoms with Crippen LogP contribution >= 0.6 is 28.6 Å². The Balaban J connectivity index is 0.000000810. The number of nitrogens with zero attached hydrogens (tertiary/aromatic N) is 1. The molecule has 1 aromatic rings. The Morgan fingerprint density at radius 1 is 1.20 bits per heavy atom. The molecule has 1 aromatic carbocycles. The Labute approximate surface area is 74.7 Å². The summed E-state index contributed by atoms with van der Waals surface area (Å²) in [5.41, 5.74) is 0.942. The Hall–Kier alpha value is -0.250. The molecule has 2 N–H and O–H groups in total. The van der Waals surface area contributed by atoms with Crippen molar-refractivity contribution >= 4 is 34.2 Å². The topological polar surface area (TPSA) is 29.3 Å². The number of hydrogen-bond donors (Lipinski definition) is 1. The minimum Gasteiger partial charge on any atom is -0.245 e. The molecule has 0 radical (unpaired) electrons. The third kappa shape index (κ3) is 2.56. The molecule has 2 nitrogen and oxygen atoms in total. The van der Waals surface area contributed by atoms with E-state index in [1.807, 2.05) is 30.3 Å². The van der Waals surface area contributed by atoms with E-state index in [-0.39, 0.29) is 12.4 Å². The van der Waals surface area contributed by atoms with E-state index in [9.17, 15) is 0 Å². The first-order valence-electron chi connectivity index (χ1n) is 2.56. The quantitative estimate of drug-likeness (QED) is 0.449. The van der Waals surface area contributed by atoms with Gasteiger partial charge in [0.15, 0.2) is 0 Å². The molecule has 1 rings (SSSR count). The van der Waals surface area contributed by atoms with Crippen molar-refractivity contribution in [3.8, 4) is 0 Å². The number of hydrogen-bond acceptors (Lipinski definition) is 2. The fraction of sp³-hybridized carbons (Fsp3) is 0. The van der Waals surface area contributed by atoms with Crippen molar-refractivity contribution < 1.29 is 0 Å². The largest absolute Gasteiger partial charge is 0.245 e. The van der Waals surface area contributed by atoms with Crippen LogP contribution in [0.1, 0.15) is 0 Å². The molecule has 10 heavy (non-hydrogen) atoms. The van der Waals surface area contributed by atoms with Crippen LogP contribution in [-0.2, 0) is 0 Å². The summed E-state index contributed by atoms with van der Waals surface area (Å²) in [7, 11) is 0. The van der Waals surface area contributed by atoms with Crippen molar-refractivity contribution in [1.82, 2.24) is 0 Å². The lowest BCUT2D eigenvalue weighted by atomic mass is 10.3. The second kappa shape index (κ2) is 4.55. The van der Waals surface area contributed by atoms with E-state index in [0.29, 0.717) is 0 Å². The lowest BCUT2D eigenvalue weighted by Crippen LogP contribution is -2.16. The molecule has 4 heteroatoms. The summed E-state index contributed by atoms with van der Waals surface area (Å²) in [5, 5.41) is 0. The van der Waals surface area contributed by atoms with E-state index >= 15 is 0 Å².